The van der Waals surface area contributed by atoms with E-state index >= 15 is 0 Å². The first-order chi connectivity index (χ1) is 9.79. The Hall–Kier alpha value is -2.16. The third kappa shape index (κ3) is 2.41. The summed E-state index contributed by atoms with van der Waals surface area (Å²) in [5, 5.41) is 12.1. The maximum Gasteiger partial charge on any atom is 0.294 e. The molecular weight excluding hydrogens is 332 g/mol. The van der Waals surface area contributed by atoms with Gasteiger partial charge >= 0.3 is 0 Å². The Bertz CT molecular complexity index is 1010. The lowest BCUT2D eigenvalue weighted by atomic mass is 10.1. The largest absolute Gasteiger partial charge is 0.343 e. The topological polar surface area (TPSA) is 102 Å². The molecule has 9 heteroatoms. The zero-order valence-corrected chi connectivity index (χ0v) is 12.9. The molecule has 0 fully saturated rings. The number of aryl methyl sites for hydroxylation is 1. The summed E-state index contributed by atoms with van der Waals surface area (Å²) in [6, 6.07) is 8.59. The Kier molecular flexibility index (Phi) is 3.86. The minimum absolute atomic E-state index is 0. The molecule has 0 saturated carbocycles. The second-order valence-corrected chi connectivity index (χ2v) is 6.09. The molecule has 0 radical (unpaired) electrons. The molecule has 0 aliphatic heterocycles. The van der Waals surface area contributed by atoms with Gasteiger partial charge in [0.2, 0.25) is 0 Å². The minimum Gasteiger partial charge on any atom is -0.343 e. The first-order valence-electron chi connectivity index (χ1n) is 5.93. The van der Waals surface area contributed by atoms with Crippen molar-refractivity contribution in [3.05, 3.63) is 46.5 Å². The Labute approximate surface area is 131 Å². The van der Waals surface area contributed by atoms with Gasteiger partial charge in [-0.2, -0.15) is 8.42 Å². The normalized spacial score (nSPS) is 11.5. The van der Waals surface area contributed by atoms with E-state index in [2.05, 4.69) is 0 Å². The predicted molar refractivity (Wildman–Crippen MR) is 84.1 cm³/mol. The number of benzene rings is 2. The third-order valence-electron chi connectivity index (χ3n) is 3.47. The van der Waals surface area contributed by atoms with Gasteiger partial charge in [0, 0.05) is 35.5 Å². The number of nitro benzene ring substituents is 1. The molecule has 0 saturated heterocycles. The number of non-ortho nitro benzene ring substituents is 1. The quantitative estimate of drug-likeness (QED) is 0.438. The first-order valence-corrected chi connectivity index (χ1v) is 7.37. The second-order valence-electron chi connectivity index (χ2n) is 4.67. The molecule has 1 heterocycles. The highest BCUT2D eigenvalue weighted by atomic mass is 35.5. The van der Waals surface area contributed by atoms with E-state index in [1.807, 2.05) is 0 Å². The van der Waals surface area contributed by atoms with Crippen molar-refractivity contribution in [1.29, 1.82) is 0 Å². The van der Waals surface area contributed by atoms with Crippen LogP contribution in [0.2, 0.25) is 0 Å². The van der Waals surface area contributed by atoms with Crippen LogP contribution in [-0.4, -0.2) is 22.5 Å². The molecule has 3 aromatic rings. The third-order valence-corrected chi connectivity index (χ3v) is 4.32. The molecule has 0 amide bonds. The summed E-state index contributed by atoms with van der Waals surface area (Å²) in [6.45, 7) is 0. The van der Waals surface area contributed by atoms with Gasteiger partial charge in [-0.3, -0.25) is 14.7 Å². The van der Waals surface area contributed by atoms with Gasteiger partial charge in [-0.15, -0.1) is 12.4 Å². The average Bonchev–Trinajstić information content (AvgIpc) is 2.70. The fourth-order valence-electron chi connectivity index (χ4n) is 2.45. The van der Waals surface area contributed by atoms with Crippen LogP contribution in [0, 0.1) is 10.1 Å². The minimum atomic E-state index is -4.29. The van der Waals surface area contributed by atoms with Crippen LogP contribution in [0.1, 0.15) is 0 Å². The van der Waals surface area contributed by atoms with Crippen molar-refractivity contribution < 1.29 is 17.9 Å². The molecule has 0 aliphatic rings. The molecule has 0 atom stereocenters. The van der Waals surface area contributed by atoms with E-state index in [9.17, 15) is 18.5 Å². The number of fused-ring (bicyclic) bond motifs is 3. The summed E-state index contributed by atoms with van der Waals surface area (Å²) in [6.07, 6.45) is 0. The van der Waals surface area contributed by atoms with Gasteiger partial charge in [0.25, 0.3) is 15.8 Å². The number of aromatic nitrogens is 1. The van der Waals surface area contributed by atoms with Crippen molar-refractivity contribution in [2.24, 2.45) is 7.05 Å². The van der Waals surface area contributed by atoms with Crippen LogP contribution in [0.5, 0.6) is 0 Å². The maximum absolute atomic E-state index is 11.2. The lowest BCUT2D eigenvalue weighted by Gasteiger charge is -1.99. The second kappa shape index (κ2) is 5.24. The standard InChI is InChI=1S/C13H10N2O5S.ClH/c1-14-12-5-3-9(21(18,19)20)7-11(12)10-4-2-8(15(16)17)6-13(10)14;/h2-7H,1H3,(H,18,19,20);1H. The van der Waals surface area contributed by atoms with Crippen LogP contribution in [0.25, 0.3) is 21.8 Å². The van der Waals surface area contributed by atoms with E-state index in [-0.39, 0.29) is 23.0 Å². The first kappa shape index (κ1) is 16.2. The molecule has 0 bridgehead atoms. The van der Waals surface area contributed by atoms with Gasteiger partial charge in [-0.25, -0.2) is 0 Å². The molecule has 0 aliphatic carbocycles. The van der Waals surface area contributed by atoms with Crippen LogP contribution in [0.4, 0.5) is 5.69 Å². The van der Waals surface area contributed by atoms with Crippen molar-refractivity contribution in [2.75, 3.05) is 0 Å². The molecular formula is C13H11ClN2O5S. The zero-order chi connectivity index (χ0) is 15.4. The summed E-state index contributed by atoms with van der Waals surface area (Å²) >= 11 is 0. The SMILES string of the molecule is Cl.Cn1c2ccc(S(=O)(=O)O)cc2c2ccc([N+](=O)[O-])cc21. The van der Waals surface area contributed by atoms with Crippen molar-refractivity contribution >= 4 is 50.0 Å². The lowest BCUT2D eigenvalue weighted by molar-refractivity contribution is -0.384. The van der Waals surface area contributed by atoms with Crippen LogP contribution >= 0.6 is 12.4 Å². The van der Waals surface area contributed by atoms with Crippen LogP contribution in [0.3, 0.4) is 0 Å². The smallest absolute Gasteiger partial charge is 0.294 e. The van der Waals surface area contributed by atoms with Gasteiger partial charge in [0.1, 0.15) is 0 Å². The van der Waals surface area contributed by atoms with E-state index in [4.69, 9.17) is 4.55 Å². The van der Waals surface area contributed by atoms with Crippen molar-refractivity contribution in [3.63, 3.8) is 0 Å². The highest BCUT2D eigenvalue weighted by molar-refractivity contribution is 7.85. The Morgan fingerprint density at radius 2 is 1.77 bits per heavy atom. The van der Waals surface area contributed by atoms with E-state index in [0.29, 0.717) is 16.3 Å². The zero-order valence-electron chi connectivity index (χ0n) is 11.3. The average molecular weight is 343 g/mol. The number of hydrogen-bond acceptors (Lipinski definition) is 4. The monoisotopic (exact) mass is 342 g/mol. The summed E-state index contributed by atoms with van der Waals surface area (Å²) < 4.78 is 33.3. The molecule has 7 nitrogen and oxygen atoms in total. The summed E-state index contributed by atoms with van der Waals surface area (Å²) in [5.74, 6) is 0. The fourth-order valence-corrected chi connectivity index (χ4v) is 2.96. The molecule has 1 N–H and O–H groups in total. The van der Waals surface area contributed by atoms with Crippen molar-refractivity contribution in [1.82, 2.24) is 4.57 Å². The van der Waals surface area contributed by atoms with E-state index in [1.165, 1.54) is 24.3 Å². The van der Waals surface area contributed by atoms with Gasteiger partial charge in [0.05, 0.1) is 15.3 Å². The fraction of sp³-hybridized carbons (Fsp3) is 0.0769. The molecule has 22 heavy (non-hydrogen) atoms. The van der Waals surface area contributed by atoms with Gasteiger partial charge in [-0.1, -0.05) is 0 Å². The maximum atomic E-state index is 11.2. The molecule has 3 rings (SSSR count). The predicted octanol–water partition coefficient (Wildman–Crippen LogP) is 2.91. The highest BCUT2D eigenvalue weighted by Gasteiger charge is 2.16. The molecule has 116 valence electrons. The van der Waals surface area contributed by atoms with Crippen LogP contribution in [-0.2, 0) is 17.2 Å². The van der Waals surface area contributed by atoms with Crippen molar-refractivity contribution in [2.45, 2.75) is 4.90 Å². The van der Waals surface area contributed by atoms with Crippen LogP contribution in [0.15, 0.2) is 41.3 Å². The van der Waals surface area contributed by atoms with E-state index in [1.54, 1.807) is 23.7 Å². The van der Waals surface area contributed by atoms with Crippen LogP contribution < -0.4 is 0 Å². The van der Waals surface area contributed by atoms with Gasteiger partial charge < -0.3 is 4.57 Å². The molecule has 2 aromatic carbocycles. The highest BCUT2D eigenvalue weighted by Crippen LogP contribution is 2.32. The van der Waals surface area contributed by atoms with Gasteiger partial charge in [0.15, 0.2) is 0 Å². The number of halogens is 1. The molecule has 0 unspecified atom stereocenters. The number of nitrogens with zero attached hydrogens (tertiary/aromatic N) is 2. The Morgan fingerprint density at radius 3 is 2.36 bits per heavy atom. The molecule has 1 aromatic heterocycles. The van der Waals surface area contributed by atoms with E-state index < -0.39 is 15.0 Å². The summed E-state index contributed by atoms with van der Waals surface area (Å²) in [5.41, 5.74) is 1.30. The number of nitro groups is 1. The Morgan fingerprint density at radius 1 is 1.09 bits per heavy atom. The lowest BCUT2D eigenvalue weighted by Crippen LogP contribution is -1.97. The summed E-state index contributed by atoms with van der Waals surface area (Å²) in [4.78, 5) is 10.1. The van der Waals surface area contributed by atoms with Gasteiger partial charge in [-0.05, 0) is 24.3 Å². The molecule has 0 spiro atoms. The Balaban J connectivity index is 0.00000176. The summed E-state index contributed by atoms with van der Waals surface area (Å²) in [7, 11) is -2.56. The number of hydrogen-bond donors (Lipinski definition) is 1. The van der Waals surface area contributed by atoms with Crippen molar-refractivity contribution in [3.8, 4) is 0 Å². The number of rotatable bonds is 2. The van der Waals surface area contributed by atoms with E-state index in [0.717, 1.165) is 5.52 Å².